The van der Waals surface area contributed by atoms with E-state index in [0.717, 1.165) is 13.7 Å². The van der Waals surface area contributed by atoms with E-state index in [1.807, 2.05) is 18.2 Å². The van der Waals surface area contributed by atoms with Crippen LogP contribution in [0.3, 0.4) is 0 Å². The minimum absolute atomic E-state index is 0.208. The number of anilines is 2. The number of aromatic nitrogens is 1. The molecule has 2 aromatic rings. The summed E-state index contributed by atoms with van der Waals surface area (Å²) >= 11 is 5.63. The smallest absolute Gasteiger partial charge is 0.335 e. The number of pyridine rings is 1. The second-order valence-electron chi connectivity index (χ2n) is 3.49. The first-order valence-electron chi connectivity index (χ1n) is 4.97. The van der Waals surface area contributed by atoms with Crippen molar-refractivity contribution in [2.24, 2.45) is 0 Å². The van der Waals surface area contributed by atoms with Crippen molar-refractivity contribution in [2.45, 2.75) is 0 Å². The maximum Gasteiger partial charge on any atom is 0.335 e. The first-order valence-corrected chi connectivity index (χ1v) is 6.85. The van der Waals surface area contributed by atoms with Crippen molar-refractivity contribution in [1.29, 1.82) is 0 Å². The number of aromatic carboxylic acids is 1. The zero-order valence-electron chi connectivity index (χ0n) is 9.02. The van der Waals surface area contributed by atoms with E-state index in [1.165, 1.54) is 18.3 Å². The molecule has 0 spiro atoms. The van der Waals surface area contributed by atoms with Gasteiger partial charge in [0.05, 0.1) is 5.56 Å². The van der Waals surface area contributed by atoms with E-state index in [0.29, 0.717) is 5.82 Å². The van der Waals surface area contributed by atoms with E-state index in [9.17, 15) is 4.79 Å². The molecule has 0 radical (unpaired) electrons. The van der Waals surface area contributed by atoms with E-state index in [2.05, 4.69) is 48.8 Å². The summed E-state index contributed by atoms with van der Waals surface area (Å²) in [6.07, 6.45) is 1.47. The number of hydrogen-bond acceptors (Lipinski definition) is 3. The maximum atomic E-state index is 10.8. The summed E-state index contributed by atoms with van der Waals surface area (Å²) in [6, 6.07) is 8.71. The highest BCUT2D eigenvalue weighted by atomic mass is 127. The lowest BCUT2D eigenvalue weighted by Gasteiger charge is -2.07. The van der Waals surface area contributed by atoms with Crippen LogP contribution in [0.4, 0.5) is 11.5 Å². The van der Waals surface area contributed by atoms with Gasteiger partial charge >= 0.3 is 5.97 Å². The van der Waals surface area contributed by atoms with Crippen LogP contribution in [0.25, 0.3) is 0 Å². The molecule has 18 heavy (non-hydrogen) atoms. The number of rotatable bonds is 3. The van der Waals surface area contributed by atoms with Crippen LogP contribution >= 0.6 is 38.5 Å². The van der Waals surface area contributed by atoms with Crippen molar-refractivity contribution in [3.05, 3.63) is 50.1 Å². The second kappa shape index (κ2) is 5.66. The fourth-order valence-electron chi connectivity index (χ4n) is 1.35. The highest BCUT2D eigenvalue weighted by molar-refractivity contribution is 14.1. The third-order valence-electron chi connectivity index (χ3n) is 2.20. The predicted molar refractivity (Wildman–Crippen MR) is 81.3 cm³/mol. The van der Waals surface area contributed by atoms with Gasteiger partial charge in [-0.25, -0.2) is 9.78 Å². The van der Waals surface area contributed by atoms with Crippen molar-refractivity contribution in [3.8, 4) is 0 Å². The van der Waals surface area contributed by atoms with Crippen molar-refractivity contribution in [1.82, 2.24) is 4.98 Å². The molecule has 2 rings (SSSR count). The lowest BCUT2D eigenvalue weighted by Crippen LogP contribution is -2.00. The van der Waals surface area contributed by atoms with Gasteiger partial charge in [-0.05, 0) is 68.9 Å². The molecule has 0 amide bonds. The predicted octanol–water partition coefficient (Wildman–Crippen LogP) is 3.89. The Kier molecular flexibility index (Phi) is 4.18. The number of hydrogen-bond donors (Lipinski definition) is 2. The van der Waals surface area contributed by atoms with Crippen molar-refractivity contribution in [2.75, 3.05) is 5.32 Å². The van der Waals surface area contributed by atoms with Gasteiger partial charge in [-0.3, -0.25) is 0 Å². The highest BCUT2D eigenvalue weighted by Crippen LogP contribution is 2.24. The molecule has 4 nitrogen and oxygen atoms in total. The van der Waals surface area contributed by atoms with Crippen LogP contribution in [-0.4, -0.2) is 16.1 Å². The van der Waals surface area contributed by atoms with E-state index < -0.39 is 5.97 Å². The van der Waals surface area contributed by atoms with Crippen LogP contribution in [0.1, 0.15) is 10.4 Å². The van der Waals surface area contributed by atoms with Gasteiger partial charge in [0.25, 0.3) is 0 Å². The Labute approximate surface area is 126 Å². The Morgan fingerprint density at radius 3 is 2.78 bits per heavy atom. The van der Waals surface area contributed by atoms with Gasteiger partial charge < -0.3 is 10.4 Å². The first kappa shape index (κ1) is 13.3. The van der Waals surface area contributed by atoms with E-state index >= 15 is 0 Å². The van der Waals surface area contributed by atoms with Gasteiger partial charge in [0.1, 0.15) is 5.82 Å². The molecule has 0 aliphatic heterocycles. The van der Waals surface area contributed by atoms with E-state index in [-0.39, 0.29) is 5.56 Å². The molecule has 1 aromatic carbocycles. The zero-order valence-corrected chi connectivity index (χ0v) is 12.8. The lowest BCUT2D eigenvalue weighted by molar-refractivity contribution is 0.0697. The van der Waals surface area contributed by atoms with Crippen molar-refractivity contribution in [3.63, 3.8) is 0 Å². The summed E-state index contributed by atoms with van der Waals surface area (Å²) in [5.41, 5.74) is 1.07. The third-order valence-corrected chi connectivity index (χ3v) is 4.52. The number of nitrogens with zero attached hydrogens (tertiary/aromatic N) is 1. The largest absolute Gasteiger partial charge is 0.478 e. The normalized spacial score (nSPS) is 10.1. The summed E-state index contributed by atoms with van der Waals surface area (Å²) in [5.74, 6) is -0.459. The number of halogens is 2. The summed E-state index contributed by atoms with van der Waals surface area (Å²) in [6.45, 7) is 0. The monoisotopic (exact) mass is 418 g/mol. The Morgan fingerprint density at radius 1 is 1.33 bits per heavy atom. The van der Waals surface area contributed by atoms with Gasteiger partial charge in [-0.2, -0.15) is 0 Å². The van der Waals surface area contributed by atoms with Crippen LogP contribution in [0, 0.1) is 3.57 Å². The quantitative estimate of drug-likeness (QED) is 0.742. The number of benzene rings is 1. The van der Waals surface area contributed by atoms with Gasteiger partial charge in [-0.15, -0.1) is 0 Å². The average molecular weight is 419 g/mol. The summed E-state index contributed by atoms with van der Waals surface area (Å²) < 4.78 is 2.08. The Balaban J connectivity index is 2.25. The topological polar surface area (TPSA) is 62.2 Å². The number of carboxylic acids is 1. The first-order chi connectivity index (χ1) is 8.56. The van der Waals surface area contributed by atoms with Crippen LogP contribution < -0.4 is 5.32 Å². The molecule has 0 saturated heterocycles. The molecule has 1 aromatic heterocycles. The summed E-state index contributed by atoms with van der Waals surface area (Å²) in [7, 11) is 0. The van der Waals surface area contributed by atoms with Crippen molar-refractivity contribution < 1.29 is 9.90 Å². The molecule has 0 bridgehead atoms. The Hall–Kier alpha value is -1.15. The van der Waals surface area contributed by atoms with Crippen LogP contribution in [0.5, 0.6) is 0 Å². The fraction of sp³-hybridized carbons (Fsp3) is 0. The molecule has 0 fully saturated rings. The summed E-state index contributed by atoms with van der Waals surface area (Å²) in [4.78, 5) is 14.9. The number of carbonyl (C=O) groups is 1. The molecular formula is C12H8BrIN2O2. The molecule has 1 heterocycles. The molecule has 0 atom stereocenters. The van der Waals surface area contributed by atoms with Gasteiger partial charge in [-0.1, -0.05) is 0 Å². The van der Waals surface area contributed by atoms with Gasteiger partial charge in [0.2, 0.25) is 0 Å². The van der Waals surface area contributed by atoms with E-state index in [4.69, 9.17) is 5.11 Å². The average Bonchev–Trinajstić information content (AvgIpc) is 2.34. The number of carboxylic acid groups (broad SMARTS) is 1. The van der Waals surface area contributed by atoms with Gasteiger partial charge in [0, 0.05) is 19.9 Å². The highest BCUT2D eigenvalue weighted by Gasteiger charge is 2.05. The molecule has 2 N–H and O–H groups in total. The third kappa shape index (κ3) is 3.20. The lowest BCUT2D eigenvalue weighted by atomic mass is 10.2. The van der Waals surface area contributed by atoms with E-state index in [1.54, 1.807) is 0 Å². The molecule has 92 valence electrons. The SMILES string of the molecule is O=C(O)c1ccnc(Nc2ccc(Br)c(I)c2)c1. The van der Waals surface area contributed by atoms with Crippen LogP contribution in [-0.2, 0) is 0 Å². The Morgan fingerprint density at radius 2 is 2.11 bits per heavy atom. The van der Waals surface area contributed by atoms with Crippen LogP contribution in [0.2, 0.25) is 0 Å². The zero-order chi connectivity index (χ0) is 13.1. The molecular weight excluding hydrogens is 411 g/mol. The molecule has 0 unspecified atom stereocenters. The van der Waals surface area contributed by atoms with Gasteiger partial charge in [0.15, 0.2) is 0 Å². The molecule has 0 aliphatic carbocycles. The molecule has 0 saturated carbocycles. The second-order valence-corrected chi connectivity index (χ2v) is 5.51. The standard InChI is InChI=1S/C12H8BrIN2O2/c13-9-2-1-8(6-10(9)14)16-11-5-7(12(17)18)3-4-15-11/h1-6H,(H,15,16)(H,17,18). The molecule has 0 aliphatic rings. The molecule has 6 heteroatoms. The minimum atomic E-state index is -0.967. The van der Waals surface area contributed by atoms with Crippen LogP contribution in [0.15, 0.2) is 41.0 Å². The maximum absolute atomic E-state index is 10.8. The fourth-order valence-corrected chi connectivity index (χ4v) is 2.12. The Bertz CT molecular complexity index is 604. The minimum Gasteiger partial charge on any atom is -0.478 e. The van der Waals surface area contributed by atoms with Crippen molar-refractivity contribution >= 4 is 56.0 Å². The number of nitrogens with one attached hydrogen (secondary N) is 1. The summed E-state index contributed by atoms with van der Waals surface area (Å²) in [5, 5.41) is 12.0.